The van der Waals surface area contributed by atoms with E-state index in [0.717, 1.165) is 21.9 Å². The summed E-state index contributed by atoms with van der Waals surface area (Å²) in [6.45, 7) is 0. The van der Waals surface area contributed by atoms with Crippen LogP contribution in [0.4, 0.5) is 0 Å². The summed E-state index contributed by atoms with van der Waals surface area (Å²) in [5, 5.41) is 3.26. The zero-order chi connectivity index (χ0) is 14.8. The molecule has 0 radical (unpaired) electrons. The van der Waals surface area contributed by atoms with E-state index in [0.29, 0.717) is 10.0 Å². The Bertz CT molecular complexity index is 764. The molecule has 3 nitrogen and oxygen atoms in total. The van der Waals surface area contributed by atoms with Crippen LogP contribution in [0.3, 0.4) is 0 Å². The van der Waals surface area contributed by atoms with E-state index in [2.05, 4.69) is 10.4 Å². The van der Waals surface area contributed by atoms with E-state index in [4.69, 9.17) is 29.0 Å². The predicted octanol–water partition coefficient (Wildman–Crippen LogP) is 4.09. The van der Waals surface area contributed by atoms with Crippen LogP contribution in [0, 0.1) is 0 Å². The van der Waals surface area contributed by atoms with Crippen LogP contribution in [-0.4, -0.2) is 4.98 Å². The number of rotatable bonds is 3. The Labute approximate surface area is 132 Å². The first-order chi connectivity index (χ1) is 10.2. The van der Waals surface area contributed by atoms with Gasteiger partial charge in [0.1, 0.15) is 0 Å². The molecule has 0 saturated carbocycles. The van der Waals surface area contributed by atoms with Crippen LogP contribution in [0.25, 0.3) is 10.8 Å². The first kappa shape index (κ1) is 14.3. The fraction of sp³-hybridized carbons (Fsp3) is 0.0625. The Morgan fingerprint density at radius 3 is 2.43 bits per heavy atom. The lowest BCUT2D eigenvalue weighted by molar-refractivity contribution is 0.641. The number of fused-ring (bicyclic) bond motifs is 1. The summed E-state index contributed by atoms with van der Waals surface area (Å²) in [6, 6.07) is 13.1. The number of benzene rings is 2. The van der Waals surface area contributed by atoms with Crippen LogP contribution >= 0.6 is 23.2 Å². The number of nitrogens with zero attached hydrogens (tertiary/aromatic N) is 1. The van der Waals surface area contributed by atoms with E-state index >= 15 is 0 Å². The van der Waals surface area contributed by atoms with Crippen molar-refractivity contribution in [3.05, 3.63) is 76.0 Å². The van der Waals surface area contributed by atoms with Gasteiger partial charge in [0.15, 0.2) is 0 Å². The minimum atomic E-state index is -0.294. The second-order valence-corrected chi connectivity index (χ2v) is 5.49. The molecule has 1 heterocycles. The van der Waals surface area contributed by atoms with E-state index in [1.54, 1.807) is 18.3 Å². The summed E-state index contributed by atoms with van der Waals surface area (Å²) < 4.78 is 0. The normalized spacial score (nSPS) is 12.5. The highest BCUT2D eigenvalue weighted by Gasteiger charge is 2.20. The Morgan fingerprint density at radius 2 is 1.71 bits per heavy atom. The molecule has 3 rings (SSSR count). The van der Waals surface area contributed by atoms with Crippen molar-refractivity contribution in [1.82, 2.24) is 10.4 Å². The van der Waals surface area contributed by atoms with E-state index < -0.39 is 0 Å². The lowest BCUT2D eigenvalue weighted by atomic mass is 9.95. The van der Waals surface area contributed by atoms with Gasteiger partial charge in [-0.05, 0) is 29.1 Å². The molecule has 21 heavy (non-hydrogen) atoms. The molecule has 0 aliphatic rings. The molecule has 0 bridgehead atoms. The minimum Gasteiger partial charge on any atom is -0.271 e. The average molecular weight is 318 g/mol. The van der Waals surface area contributed by atoms with Gasteiger partial charge in [0.05, 0.1) is 6.04 Å². The maximum absolute atomic E-state index is 6.31. The molecule has 2 aromatic carbocycles. The second-order valence-electron chi connectivity index (χ2n) is 4.68. The van der Waals surface area contributed by atoms with Crippen LogP contribution in [0.2, 0.25) is 10.0 Å². The molecular formula is C16H13Cl2N3. The van der Waals surface area contributed by atoms with E-state index in [9.17, 15) is 0 Å². The summed E-state index contributed by atoms with van der Waals surface area (Å²) in [5.41, 5.74) is 4.60. The number of hydrogen-bond acceptors (Lipinski definition) is 3. The number of halogens is 2. The highest BCUT2D eigenvalue weighted by Crippen LogP contribution is 2.36. The molecular weight excluding hydrogens is 305 g/mol. The van der Waals surface area contributed by atoms with Crippen molar-refractivity contribution in [2.45, 2.75) is 6.04 Å². The van der Waals surface area contributed by atoms with Crippen molar-refractivity contribution >= 4 is 34.0 Å². The Balaban J connectivity index is 2.24. The van der Waals surface area contributed by atoms with Gasteiger partial charge in [0.25, 0.3) is 0 Å². The summed E-state index contributed by atoms with van der Waals surface area (Å²) in [4.78, 5) is 4.14. The van der Waals surface area contributed by atoms with Crippen LogP contribution < -0.4 is 11.3 Å². The molecule has 0 fully saturated rings. The van der Waals surface area contributed by atoms with Gasteiger partial charge in [-0.2, -0.15) is 0 Å². The summed E-state index contributed by atoms with van der Waals surface area (Å²) >= 11 is 12.6. The van der Waals surface area contributed by atoms with Crippen LogP contribution in [0.1, 0.15) is 17.2 Å². The average Bonchev–Trinajstić information content (AvgIpc) is 2.51. The number of hydrazine groups is 1. The van der Waals surface area contributed by atoms with Gasteiger partial charge in [-0.25, -0.2) is 5.43 Å². The third-order valence-electron chi connectivity index (χ3n) is 3.48. The van der Waals surface area contributed by atoms with Gasteiger partial charge in [0.2, 0.25) is 0 Å². The molecule has 1 unspecified atom stereocenters. The zero-order valence-electron chi connectivity index (χ0n) is 11.1. The zero-order valence-corrected chi connectivity index (χ0v) is 12.6. The monoisotopic (exact) mass is 317 g/mol. The number of nitrogens with one attached hydrogen (secondary N) is 1. The predicted molar refractivity (Wildman–Crippen MR) is 87.4 cm³/mol. The van der Waals surface area contributed by atoms with Crippen LogP contribution in [0.15, 0.2) is 54.9 Å². The van der Waals surface area contributed by atoms with Crippen molar-refractivity contribution in [3.8, 4) is 0 Å². The standard InChI is InChI=1S/C16H13Cl2N3/c17-13-5-2-6-14(18)15(13)16(21-19)12-4-1-3-10-9-20-8-7-11(10)12/h1-9,16,21H,19H2. The molecule has 3 aromatic rings. The molecule has 0 aliphatic carbocycles. The topological polar surface area (TPSA) is 50.9 Å². The molecule has 0 saturated heterocycles. The summed E-state index contributed by atoms with van der Waals surface area (Å²) in [6.07, 6.45) is 3.58. The smallest absolute Gasteiger partial charge is 0.0745 e. The third-order valence-corrected chi connectivity index (χ3v) is 4.14. The highest BCUT2D eigenvalue weighted by molar-refractivity contribution is 6.36. The van der Waals surface area contributed by atoms with Gasteiger partial charge in [-0.1, -0.05) is 47.5 Å². The second kappa shape index (κ2) is 6.00. The first-order valence-electron chi connectivity index (χ1n) is 6.45. The SMILES string of the molecule is NNC(c1c(Cl)cccc1Cl)c1cccc2cnccc12. The third kappa shape index (κ3) is 2.61. The molecule has 0 spiro atoms. The van der Waals surface area contributed by atoms with Gasteiger partial charge < -0.3 is 0 Å². The van der Waals surface area contributed by atoms with E-state index in [-0.39, 0.29) is 6.04 Å². The minimum absolute atomic E-state index is 0.294. The molecule has 3 N–H and O–H groups in total. The molecule has 0 amide bonds. The highest BCUT2D eigenvalue weighted by atomic mass is 35.5. The maximum Gasteiger partial charge on any atom is 0.0745 e. The van der Waals surface area contributed by atoms with Gasteiger partial charge in [0, 0.05) is 33.4 Å². The van der Waals surface area contributed by atoms with Crippen molar-refractivity contribution < 1.29 is 0 Å². The molecule has 106 valence electrons. The lowest BCUT2D eigenvalue weighted by Crippen LogP contribution is -2.29. The van der Waals surface area contributed by atoms with Crippen molar-refractivity contribution in [2.24, 2.45) is 5.84 Å². The molecule has 5 heteroatoms. The number of aromatic nitrogens is 1. The quantitative estimate of drug-likeness (QED) is 0.565. The Morgan fingerprint density at radius 1 is 1.00 bits per heavy atom. The van der Waals surface area contributed by atoms with Crippen LogP contribution in [0.5, 0.6) is 0 Å². The summed E-state index contributed by atoms with van der Waals surface area (Å²) in [7, 11) is 0. The number of hydrogen-bond donors (Lipinski definition) is 2. The maximum atomic E-state index is 6.31. The Hall–Kier alpha value is -1.65. The molecule has 0 aliphatic heterocycles. The first-order valence-corrected chi connectivity index (χ1v) is 7.20. The van der Waals surface area contributed by atoms with Crippen LogP contribution in [-0.2, 0) is 0 Å². The van der Waals surface area contributed by atoms with Crippen molar-refractivity contribution in [1.29, 1.82) is 0 Å². The van der Waals surface area contributed by atoms with Crippen molar-refractivity contribution in [2.75, 3.05) is 0 Å². The lowest BCUT2D eigenvalue weighted by Gasteiger charge is -2.21. The molecule has 1 atom stereocenters. The largest absolute Gasteiger partial charge is 0.271 e. The van der Waals surface area contributed by atoms with Gasteiger partial charge in [-0.15, -0.1) is 0 Å². The number of nitrogens with two attached hydrogens (primary N) is 1. The van der Waals surface area contributed by atoms with Gasteiger partial charge >= 0.3 is 0 Å². The van der Waals surface area contributed by atoms with Crippen molar-refractivity contribution in [3.63, 3.8) is 0 Å². The fourth-order valence-electron chi connectivity index (χ4n) is 2.51. The summed E-state index contributed by atoms with van der Waals surface area (Å²) in [5.74, 6) is 5.78. The van der Waals surface area contributed by atoms with E-state index in [1.807, 2.05) is 36.5 Å². The van der Waals surface area contributed by atoms with E-state index in [1.165, 1.54) is 0 Å². The Kier molecular flexibility index (Phi) is 4.08. The fourth-order valence-corrected chi connectivity index (χ4v) is 3.13. The molecule has 1 aromatic heterocycles. The van der Waals surface area contributed by atoms with Gasteiger partial charge in [-0.3, -0.25) is 10.8 Å². The number of pyridine rings is 1.